The average Bonchev–Trinajstić information content (AvgIpc) is 3.22. The smallest absolute Gasteiger partial charge is 0.211 e. The van der Waals surface area contributed by atoms with Gasteiger partial charge in [-0.3, -0.25) is 0 Å². The lowest BCUT2D eigenvalue weighted by atomic mass is 9.99. The summed E-state index contributed by atoms with van der Waals surface area (Å²) in [6.45, 7) is 0.598. The number of nitrogens with one attached hydrogen (secondary N) is 1. The van der Waals surface area contributed by atoms with E-state index in [1.54, 1.807) is 4.31 Å². The molecule has 2 aromatic carbocycles. The number of H-pyrrole nitrogens is 1. The molecular formula is C19H19ClN2O2S. The highest BCUT2D eigenvalue weighted by Gasteiger charge is 2.32. The van der Waals surface area contributed by atoms with E-state index in [4.69, 9.17) is 11.6 Å². The average molecular weight is 375 g/mol. The second-order valence-corrected chi connectivity index (χ2v) is 8.89. The highest BCUT2D eigenvalue weighted by molar-refractivity contribution is 7.88. The lowest BCUT2D eigenvalue weighted by molar-refractivity contribution is 0.400. The third-order valence-corrected chi connectivity index (χ3v) is 6.48. The molecule has 1 N–H and O–H groups in total. The second kappa shape index (κ2) is 6.16. The summed E-state index contributed by atoms with van der Waals surface area (Å²) in [5.41, 5.74) is 4.05. The number of fused-ring (bicyclic) bond motifs is 1. The summed E-state index contributed by atoms with van der Waals surface area (Å²) in [7, 11) is -3.18. The fourth-order valence-electron chi connectivity index (χ4n) is 3.65. The van der Waals surface area contributed by atoms with Crippen molar-refractivity contribution >= 4 is 32.5 Å². The molecule has 0 radical (unpaired) electrons. The molecule has 3 aromatic rings. The second-order valence-electron chi connectivity index (χ2n) is 6.55. The van der Waals surface area contributed by atoms with E-state index in [-0.39, 0.29) is 6.04 Å². The Kier molecular flexibility index (Phi) is 4.10. The van der Waals surface area contributed by atoms with Crippen molar-refractivity contribution in [2.75, 3.05) is 12.8 Å². The van der Waals surface area contributed by atoms with Crippen LogP contribution in [-0.4, -0.2) is 30.5 Å². The van der Waals surface area contributed by atoms with E-state index in [9.17, 15) is 8.42 Å². The number of halogens is 1. The van der Waals surface area contributed by atoms with Crippen molar-refractivity contribution in [1.29, 1.82) is 0 Å². The number of aromatic nitrogens is 1. The molecule has 0 bridgehead atoms. The Morgan fingerprint density at radius 1 is 1.16 bits per heavy atom. The van der Waals surface area contributed by atoms with Crippen LogP contribution in [0.25, 0.3) is 22.0 Å². The number of benzene rings is 2. The molecule has 1 atom stereocenters. The molecule has 0 spiro atoms. The Balaban J connectivity index is 1.69. The van der Waals surface area contributed by atoms with Crippen LogP contribution in [0.4, 0.5) is 0 Å². The summed E-state index contributed by atoms with van der Waals surface area (Å²) in [4.78, 5) is 3.16. The molecule has 4 rings (SSSR count). The minimum Gasteiger partial charge on any atom is -0.361 e. The van der Waals surface area contributed by atoms with Gasteiger partial charge in [0.1, 0.15) is 0 Å². The van der Waals surface area contributed by atoms with Crippen LogP contribution in [0.15, 0.2) is 48.7 Å². The van der Waals surface area contributed by atoms with Crippen LogP contribution >= 0.6 is 11.6 Å². The van der Waals surface area contributed by atoms with Gasteiger partial charge in [-0.05, 0) is 42.2 Å². The maximum Gasteiger partial charge on any atom is 0.211 e. The molecule has 25 heavy (non-hydrogen) atoms. The van der Waals surface area contributed by atoms with Gasteiger partial charge in [-0.15, -0.1) is 0 Å². The van der Waals surface area contributed by atoms with Crippen molar-refractivity contribution in [2.24, 2.45) is 0 Å². The lowest BCUT2D eigenvalue weighted by Gasteiger charge is -2.22. The Labute approximate surface area is 152 Å². The summed E-state index contributed by atoms with van der Waals surface area (Å²) in [5.74, 6) is 0. The maximum absolute atomic E-state index is 12.0. The summed E-state index contributed by atoms with van der Waals surface area (Å²) in [6.07, 6.45) is 4.94. The number of rotatable bonds is 3. The van der Waals surface area contributed by atoms with Gasteiger partial charge in [0.25, 0.3) is 0 Å². The van der Waals surface area contributed by atoms with E-state index in [2.05, 4.69) is 11.1 Å². The summed E-state index contributed by atoms with van der Waals surface area (Å²) >= 11 is 6.44. The van der Waals surface area contributed by atoms with Crippen molar-refractivity contribution in [3.63, 3.8) is 0 Å². The zero-order valence-corrected chi connectivity index (χ0v) is 15.4. The van der Waals surface area contributed by atoms with Crippen molar-refractivity contribution < 1.29 is 8.42 Å². The zero-order valence-electron chi connectivity index (χ0n) is 13.9. The van der Waals surface area contributed by atoms with E-state index >= 15 is 0 Å². The highest BCUT2D eigenvalue weighted by Crippen LogP contribution is 2.36. The number of aromatic amines is 1. The zero-order chi connectivity index (χ0) is 17.6. The molecule has 1 aliphatic heterocycles. The molecule has 1 saturated heterocycles. The third kappa shape index (κ3) is 3.08. The largest absolute Gasteiger partial charge is 0.361 e. The van der Waals surface area contributed by atoms with Crippen LogP contribution in [0.3, 0.4) is 0 Å². The summed E-state index contributed by atoms with van der Waals surface area (Å²) in [5, 5.41) is 1.81. The van der Waals surface area contributed by atoms with E-state index < -0.39 is 10.0 Å². The molecule has 4 nitrogen and oxygen atoms in total. The van der Waals surface area contributed by atoms with Crippen molar-refractivity contribution in [2.45, 2.75) is 18.9 Å². The van der Waals surface area contributed by atoms with E-state index in [1.165, 1.54) is 6.26 Å². The van der Waals surface area contributed by atoms with Gasteiger partial charge in [0, 0.05) is 35.2 Å². The summed E-state index contributed by atoms with van der Waals surface area (Å²) in [6, 6.07) is 14.0. The van der Waals surface area contributed by atoms with E-state index in [0.29, 0.717) is 11.6 Å². The molecule has 130 valence electrons. The molecular weight excluding hydrogens is 356 g/mol. The normalized spacial score (nSPS) is 18.9. The Morgan fingerprint density at radius 2 is 1.92 bits per heavy atom. The SMILES string of the molecule is CS(=O)(=O)N1CCCC1c1ccc(-c2cc3cc[nH]c3cc2Cl)cc1. The minimum atomic E-state index is -3.18. The number of hydrogen-bond acceptors (Lipinski definition) is 2. The van der Waals surface area contributed by atoms with Gasteiger partial charge in [0.2, 0.25) is 10.0 Å². The van der Waals surface area contributed by atoms with Gasteiger partial charge in [0.05, 0.1) is 11.3 Å². The molecule has 6 heteroatoms. The standard InChI is InChI=1S/C19H19ClN2O2S/c1-25(23,24)22-10-2-3-19(22)14-6-4-13(5-7-14)16-11-15-8-9-21-18(15)12-17(16)20/h4-9,11-12,19,21H,2-3,10H2,1H3. The Hall–Kier alpha value is -1.82. The lowest BCUT2D eigenvalue weighted by Crippen LogP contribution is -2.29. The van der Waals surface area contributed by atoms with Gasteiger partial charge in [0.15, 0.2) is 0 Å². The fourth-order valence-corrected chi connectivity index (χ4v) is 5.07. The fraction of sp³-hybridized carbons (Fsp3) is 0.263. The first kappa shape index (κ1) is 16.6. The van der Waals surface area contributed by atoms with Gasteiger partial charge in [-0.25, -0.2) is 8.42 Å². The first-order valence-electron chi connectivity index (χ1n) is 8.27. The predicted molar refractivity (Wildman–Crippen MR) is 102 cm³/mol. The van der Waals surface area contributed by atoms with Gasteiger partial charge >= 0.3 is 0 Å². The van der Waals surface area contributed by atoms with Crippen molar-refractivity contribution in [1.82, 2.24) is 9.29 Å². The molecule has 1 aromatic heterocycles. The van der Waals surface area contributed by atoms with Gasteiger partial charge < -0.3 is 4.98 Å². The number of hydrogen-bond donors (Lipinski definition) is 1. The van der Waals surface area contributed by atoms with Crippen LogP contribution in [-0.2, 0) is 10.0 Å². The highest BCUT2D eigenvalue weighted by atomic mass is 35.5. The van der Waals surface area contributed by atoms with Crippen molar-refractivity contribution in [3.8, 4) is 11.1 Å². The number of sulfonamides is 1. The van der Waals surface area contributed by atoms with E-state index in [1.807, 2.05) is 42.6 Å². The Morgan fingerprint density at radius 3 is 2.64 bits per heavy atom. The molecule has 0 amide bonds. The van der Waals surface area contributed by atoms with Crippen LogP contribution in [0.5, 0.6) is 0 Å². The molecule has 1 fully saturated rings. The van der Waals surface area contributed by atoms with Crippen LogP contribution in [0.1, 0.15) is 24.4 Å². The predicted octanol–water partition coefficient (Wildman–Crippen LogP) is 4.58. The summed E-state index contributed by atoms with van der Waals surface area (Å²) < 4.78 is 25.5. The molecule has 2 heterocycles. The van der Waals surface area contributed by atoms with Crippen LogP contribution in [0.2, 0.25) is 5.02 Å². The molecule has 1 aliphatic rings. The topological polar surface area (TPSA) is 53.2 Å². The van der Waals surface area contributed by atoms with Gasteiger partial charge in [-0.2, -0.15) is 4.31 Å². The number of nitrogens with zero attached hydrogens (tertiary/aromatic N) is 1. The first-order chi connectivity index (χ1) is 11.9. The third-order valence-electron chi connectivity index (χ3n) is 4.88. The van der Waals surface area contributed by atoms with Gasteiger partial charge in [-0.1, -0.05) is 35.9 Å². The van der Waals surface area contributed by atoms with E-state index in [0.717, 1.165) is 40.4 Å². The molecule has 0 saturated carbocycles. The van der Waals surface area contributed by atoms with Crippen LogP contribution < -0.4 is 0 Å². The quantitative estimate of drug-likeness (QED) is 0.729. The monoisotopic (exact) mass is 374 g/mol. The van der Waals surface area contributed by atoms with Crippen molar-refractivity contribution in [3.05, 3.63) is 59.2 Å². The molecule has 0 aliphatic carbocycles. The maximum atomic E-state index is 12.0. The minimum absolute atomic E-state index is 0.0633. The molecule has 1 unspecified atom stereocenters. The van der Waals surface area contributed by atoms with Crippen LogP contribution in [0, 0.1) is 0 Å². The first-order valence-corrected chi connectivity index (χ1v) is 10.5. The Bertz CT molecular complexity index is 1030.